The van der Waals surface area contributed by atoms with E-state index in [-0.39, 0.29) is 12.1 Å². The van der Waals surface area contributed by atoms with Crippen molar-refractivity contribution in [2.24, 2.45) is 0 Å². The minimum Gasteiger partial charge on any atom is -0.458 e. The molecule has 1 aromatic heterocycles. The van der Waals surface area contributed by atoms with Crippen molar-refractivity contribution in [3.05, 3.63) is 16.1 Å². The number of aromatic nitrogens is 1. The number of hydrogen-bond donors (Lipinski definition) is 0. The van der Waals surface area contributed by atoms with E-state index in [4.69, 9.17) is 4.74 Å². The maximum atomic E-state index is 11.3. The molecule has 0 N–H and O–H groups in total. The van der Waals surface area contributed by atoms with Gasteiger partial charge in [-0.15, -0.1) is 11.3 Å². The zero-order chi connectivity index (χ0) is 8.55. The van der Waals surface area contributed by atoms with Crippen LogP contribution in [-0.2, 0) is 4.74 Å². The van der Waals surface area contributed by atoms with E-state index in [2.05, 4.69) is 4.98 Å². The molecular formula is C8H9NO2S. The molecule has 0 amide bonds. The van der Waals surface area contributed by atoms with E-state index >= 15 is 0 Å². The molecule has 1 aromatic rings. The first kappa shape index (κ1) is 7.73. The van der Waals surface area contributed by atoms with Gasteiger partial charge in [-0.2, -0.15) is 0 Å². The molecule has 1 heterocycles. The van der Waals surface area contributed by atoms with Gasteiger partial charge in [-0.25, -0.2) is 9.78 Å². The van der Waals surface area contributed by atoms with E-state index in [1.807, 2.05) is 6.92 Å². The van der Waals surface area contributed by atoms with E-state index < -0.39 is 0 Å². The van der Waals surface area contributed by atoms with E-state index in [1.54, 1.807) is 6.20 Å². The number of carbonyl (C=O) groups is 1. The van der Waals surface area contributed by atoms with Gasteiger partial charge in [0, 0.05) is 0 Å². The van der Waals surface area contributed by atoms with Gasteiger partial charge in [-0.05, 0) is 19.8 Å². The average Bonchev–Trinajstić information content (AvgIpc) is 2.72. The number of thiazole rings is 1. The highest BCUT2D eigenvalue weighted by Gasteiger charge is 2.27. The molecule has 0 unspecified atom stereocenters. The summed E-state index contributed by atoms with van der Waals surface area (Å²) >= 11 is 1.38. The summed E-state index contributed by atoms with van der Waals surface area (Å²) in [5.41, 5.74) is 0. The van der Waals surface area contributed by atoms with Gasteiger partial charge in [0.2, 0.25) is 0 Å². The molecule has 1 aliphatic carbocycles. The maximum absolute atomic E-state index is 11.3. The Labute approximate surface area is 74.4 Å². The van der Waals surface area contributed by atoms with Gasteiger partial charge in [0.1, 0.15) is 11.0 Å². The minimum atomic E-state index is -0.219. The van der Waals surface area contributed by atoms with Crippen LogP contribution in [0.1, 0.15) is 27.5 Å². The van der Waals surface area contributed by atoms with Crippen LogP contribution in [0, 0.1) is 6.92 Å². The second-order valence-corrected chi connectivity index (χ2v) is 4.08. The highest BCUT2D eigenvalue weighted by Crippen LogP contribution is 2.25. The summed E-state index contributed by atoms with van der Waals surface area (Å²) in [4.78, 5) is 15.9. The fraction of sp³-hybridized carbons (Fsp3) is 0.500. The third-order valence-electron chi connectivity index (χ3n) is 1.62. The van der Waals surface area contributed by atoms with Gasteiger partial charge in [-0.1, -0.05) is 0 Å². The highest BCUT2D eigenvalue weighted by molar-refractivity contribution is 7.13. The van der Waals surface area contributed by atoms with E-state index in [9.17, 15) is 4.79 Å². The van der Waals surface area contributed by atoms with Gasteiger partial charge in [0.15, 0.2) is 0 Å². The molecule has 0 radical (unpaired) electrons. The quantitative estimate of drug-likeness (QED) is 0.656. The fourth-order valence-corrected chi connectivity index (χ4v) is 1.51. The number of esters is 1. The zero-order valence-corrected chi connectivity index (χ0v) is 7.56. The second kappa shape index (κ2) is 2.86. The zero-order valence-electron chi connectivity index (χ0n) is 6.74. The molecule has 0 aliphatic heterocycles. The fourth-order valence-electron chi connectivity index (χ4n) is 0.851. The number of aryl methyl sites for hydroxylation is 1. The molecular weight excluding hydrogens is 174 g/mol. The predicted molar refractivity (Wildman–Crippen MR) is 45.3 cm³/mol. The lowest BCUT2D eigenvalue weighted by atomic mass is 10.5. The van der Waals surface area contributed by atoms with E-state index in [1.165, 1.54) is 11.3 Å². The van der Waals surface area contributed by atoms with Gasteiger partial charge < -0.3 is 4.74 Å². The van der Waals surface area contributed by atoms with Crippen LogP contribution < -0.4 is 0 Å². The van der Waals surface area contributed by atoms with Crippen LogP contribution >= 0.6 is 11.3 Å². The van der Waals surface area contributed by atoms with Crippen LogP contribution in [0.4, 0.5) is 0 Å². The van der Waals surface area contributed by atoms with E-state index in [0.29, 0.717) is 4.88 Å². The number of rotatable bonds is 2. The Bertz CT molecular complexity index is 304. The van der Waals surface area contributed by atoms with Crippen LogP contribution in [-0.4, -0.2) is 17.1 Å². The Morgan fingerprint density at radius 1 is 1.75 bits per heavy atom. The molecule has 0 bridgehead atoms. The predicted octanol–water partition coefficient (Wildman–Crippen LogP) is 1.77. The van der Waals surface area contributed by atoms with Gasteiger partial charge in [0.25, 0.3) is 0 Å². The smallest absolute Gasteiger partial charge is 0.350 e. The first-order chi connectivity index (χ1) is 5.75. The third kappa shape index (κ3) is 1.64. The molecule has 1 saturated carbocycles. The third-order valence-corrected chi connectivity index (χ3v) is 2.51. The lowest BCUT2D eigenvalue weighted by molar-refractivity contribution is 0.0478. The summed E-state index contributed by atoms with van der Waals surface area (Å²) in [6, 6.07) is 0. The van der Waals surface area contributed by atoms with Crippen molar-refractivity contribution in [3.8, 4) is 0 Å². The van der Waals surface area contributed by atoms with Crippen molar-refractivity contribution < 1.29 is 9.53 Å². The van der Waals surface area contributed by atoms with Crippen molar-refractivity contribution in [1.29, 1.82) is 0 Å². The van der Waals surface area contributed by atoms with Crippen molar-refractivity contribution >= 4 is 17.3 Å². The largest absolute Gasteiger partial charge is 0.458 e. The van der Waals surface area contributed by atoms with Crippen LogP contribution in [0.3, 0.4) is 0 Å². The lowest BCUT2D eigenvalue weighted by Gasteiger charge is -1.97. The van der Waals surface area contributed by atoms with Crippen molar-refractivity contribution in [3.63, 3.8) is 0 Å². The van der Waals surface area contributed by atoms with Crippen LogP contribution in [0.2, 0.25) is 0 Å². The molecule has 12 heavy (non-hydrogen) atoms. The second-order valence-electron chi connectivity index (χ2n) is 2.85. The minimum absolute atomic E-state index is 0.180. The first-order valence-electron chi connectivity index (χ1n) is 3.89. The summed E-state index contributed by atoms with van der Waals surface area (Å²) in [6.07, 6.45) is 3.79. The summed E-state index contributed by atoms with van der Waals surface area (Å²) in [7, 11) is 0. The standard InChI is InChI=1S/C8H9NO2S/c1-5-9-4-7(12-5)8(10)11-6-2-3-6/h4,6H,2-3H2,1H3. The van der Waals surface area contributed by atoms with Crippen LogP contribution in [0.5, 0.6) is 0 Å². The monoisotopic (exact) mass is 183 g/mol. The van der Waals surface area contributed by atoms with Gasteiger partial charge in [-0.3, -0.25) is 0 Å². The summed E-state index contributed by atoms with van der Waals surface area (Å²) in [5.74, 6) is -0.219. The molecule has 0 saturated heterocycles. The number of carbonyl (C=O) groups excluding carboxylic acids is 1. The van der Waals surface area contributed by atoms with Crippen LogP contribution in [0.25, 0.3) is 0 Å². The first-order valence-corrected chi connectivity index (χ1v) is 4.71. The van der Waals surface area contributed by atoms with E-state index in [0.717, 1.165) is 17.8 Å². The highest BCUT2D eigenvalue weighted by atomic mass is 32.1. The van der Waals surface area contributed by atoms with Crippen molar-refractivity contribution in [2.75, 3.05) is 0 Å². The Hall–Kier alpha value is -0.900. The summed E-state index contributed by atoms with van der Waals surface area (Å²) < 4.78 is 5.09. The average molecular weight is 183 g/mol. The molecule has 2 rings (SSSR count). The van der Waals surface area contributed by atoms with Gasteiger partial charge in [0.05, 0.1) is 11.2 Å². The molecule has 0 atom stereocenters. The van der Waals surface area contributed by atoms with Gasteiger partial charge >= 0.3 is 5.97 Å². The Balaban J connectivity index is 2.03. The van der Waals surface area contributed by atoms with Crippen molar-refractivity contribution in [2.45, 2.75) is 25.9 Å². The summed E-state index contributed by atoms with van der Waals surface area (Å²) in [5, 5.41) is 0.901. The maximum Gasteiger partial charge on any atom is 0.350 e. The molecule has 4 heteroatoms. The molecule has 1 aliphatic rings. The number of nitrogens with zero attached hydrogens (tertiary/aromatic N) is 1. The topological polar surface area (TPSA) is 39.2 Å². The number of hydrogen-bond acceptors (Lipinski definition) is 4. The molecule has 0 spiro atoms. The molecule has 1 fully saturated rings. The Morgan fingerprint density at radius 2 is 2.50 bits per heavy atom. The molecule has 0 aromatic carbocycles. The lowest BCUT2D eigenvalue weighted by Crippen LogP contribution is -2.04. The SMILES string of the molecule is Cc1ncc(C(=O)OC2CC2)s1. The number of ether oxygens (including phenoxy) is 1. The molecule has 64 valence electrons. The van der Waals surface area contributed by atoms with Crippen LogP contribution in [0.15, 0.2) is 6.20 Å². The normalized spacial score (nSPS) is 16.1. The Kier molecular flexibility index (Phi) is 1.84. The Morgan fingerprint density at radius 3 is 3.00 bits per heavy atom. The van der Waals surface area contributed by atoms with Crippen molar-refractivity contribution in [1.82, 2.24) is 4.98 Å². The molecule has 3 nitrogen and oxygen atoms in total. The summed E-state index contributed by atoms with van der Waals surface area (Å²) in [6.45, 7) is 1.87.